The Morgan fingerprint density at radius 1 is 1.32 bits per heavy atom. The number of aromatic carboxylic acids is 1. The van der Waals surface area contributed by atoms with Crippen molar-refractivity contribution in [2.24, 2.45) is 0 Å². The first kappa shape index (κ1) is 15.7. The van der Waals surface area contributed by atoms with Crippen molar-refractivity contribution in [2.75, 3.05) is 18.0 Å². The van der Waals surface area contributed by atoms with Gasteiger partial charge in [0, 0.05) is 41.5 Å². The molecule has 2 N–H and O–H groups in total. The van der Waals surface area contributed by atoms with Gasteiger partial charge in [0.2, 0.25) is 0 Å². The molecule has 0 radical (unpaired) electrons. The molecule has 1 saturated heterocycles. The average molecular weight is 359 g/mol. The fraction of sp³-hybridized carbons (Fsp3) is 0.235. The molecule has 1 fully saturated rings. The minimum Gasteiger partial charge on any atom is -0.477 e. The van der Waals surface area contributed by atoms with Crippen LogP contribution in [0.3, 0.4) is 0 Å². The molecule has 8 heteroatoms. The smallest absolute Gasteiger partial charge is 0.343 e. The Morgan fingerprint density at radius 3 is 2.80 bits per heavy atom. The van der Waals surface area contributed by atoms with Gasteiger partial charge in [-0.2, -0.15) is 5.10 Å². The maximum Gasteiger partial charge on any atom is 0.343 e. The Labute approximate surface area is 148 Å². The molecule has 7 nitrogen and oxygen atoms in total. The number of halogens is 1. The van der Waals surface area contributed by atoms with E-state index in [0.29, 0.717) is 29.5 Å². The molecule has 3 aromatic rings. The van der Waals surface area contributed by atoms with Crippen LogP contribution in [0.4, 0.5) is 5.82 Å². The molecule has 25 heavy (non-hydrogen) atoms. The van der Waals surface area contributed by atoms with E-state index in [1.807, 2.05) is 11.0 Å². The number of hydrogen-bond donors (Lipinski definition) is 2. The van der Waals surface area contributed by atoms with Crippen molar-refractivity contribution in [2.45, 2.75) is 12.3 Å². The van der Waals surface area contributed by atoms with Gasteiger partial charge in [-0.15, -0.1) is 0 Å². The second-order valence-electron chi connectivity index (χ2n) is 5.97. The molecule has 0 spiro atoms. The van der Waals surface area contributed by atoms with E-state index in [4.69, 9.17) is 16.1 Å². The number of nitrogens with zero attached hydrogens (tertiary/aromatic N) is 3. The fourth-order valence-corrected chi connectivity index (χ4v) is 3.32. The molecule has 128 valence electrons. The number of anilines is 1. The van der Waals surface area contributed by atoms with Crippen molar-refractivity contribution < 1.29 is 14.4 Å². The summed E-state index contributed by atoms with van der Waals surface area (Å²) in [5.41, 5.74) is 1.75. The quantitative estimate of drug-likeness (QED) is 0.742. The third-order valence-corrected chi connectivity index (χ3v) is 4.70. The van der Waals surface area contributed by atoms with Crippen LogP contribution in [0, 0.1) is 0 Å². The average Bonchev–Trinajstić information content (AvgIpc) is 3.34. The van der Waals surface area contributed by atoms with Crippen LogP contribution in [0.25, 0.3) is 11.3 Å². The Morgan fingerprint density at radius 2 is 2.12 bits per heavy atom. The van der Waals surface area contributed by atoms with Crippen LogP contribution in [-0.4, -0.2) is 39.5 Å². The Balaban J connectivity index is 1.67. The number of nitrogens with one attached hydrogen (secondary N) is 1. The van der Waals surface area contributed by atoms with E-state index in [1.54, 1.807) is 30.5 Å². The number of aromatic amines is 1. The van der Waals surface area contributed by atoms with Gasteiger partial charge in [0.15, 0.2) is 17.1 Å². The van der Waals surface area contributed by atoms with E-state index in [9.17, 15) is 9.90 Å². The van der Waals surface area contributed by atoms with E-state index < -0.39 is 5.97 Å². The molecule has 1 aromatic carbocycles. The number of carboxylic acid groups (broad SMARTS) is 1. The number of benzene rings is 1. The van der Waals surface area contributed by atoms with Crippen LogP contribution in [0.2, 0.25) is 5.02 Å². The van der Waals surface area contributed by atoms with Gasteiger partial charge in [-0.1, -0.05) is 16.8 Å². The minimum atomic E-state index is -1.06. The molecule has 1 aliphatic heterocycles. The van der Waals surface area contributed by atoms with Gasteiger partial charge in [-0.25, -0.2) is 4.79 Å². The van der Waals surface area contributed by atoms with Gasteiger partial charge in [0.25, 0.3) is 0 Å². The van der Waals surface area contributed by atoms with Crippen molar-refractivity contribution in [3.8, 4) is 11.3 Å². The van der Waals surface area contributed by atoms with E-state index in [0.717, 1.165) is 12.1 Å². The van der Waals surface area contributed by atoms with Crippen LogP contribution < -0.4 is 4.90 Å². The number of carbonyl (C=O) groups is 1. The van der Waals surface area contributed by atoms with Gasteiger partial charge < -0.3 is 14.5 Å². The second-order valence-corrected chi connectivity index (χ2v) is 6.40. The summed E-state index contributed by atoms with van der Waals surface area (Å²) in [6.45, 7) is 1.37. The summed E-state index contributed by atoms with van der Waals surface area (Å²) in [5.74, 6) is -0.199. The van der Waals surface area contributed by atoms with Crippen LogP contribution in [0.5, 0.6) is 0 Å². The van der Waals surface area contributed by atoms with Crippen molar-refractivity contribution >= 4 is 23.4 Å². The maximum atomic E-state index is 11.8. The second kappa shape index (κ2) is 6.25. The molecular formula is C17H15ClN4O3. The lowest BCUT2D eigenvalue weighted by molar-refractivity contribution is 0.0698. The SMILES string of the molecule is O=C(O)c1c(N2CCC(c3ccn[nH]3)C2)noc1-c1ccc(Cl)cc1. The summed E-state index contributed by atoms with van der Waals surface area (Å²) in [6, 6.07) is 8.75. The number of carboxylic acids is 1. The van der Waals surface area contributed by atoms with Crippen molar-refractivity contribution in [1.82, 2.24) is 15.4 Å². The largest absolute Gasteiger partial charge is 0.477 e. The molecule has 4 rings (SSSR count). The zero-order valence-corrected chi connectivity index (χ0v) is 13.9. The highest BCUT2D eigenvalue weighted by molar-refractivity contribution is 6.30. The molecule has 3 heterocycles. The summed E-state index contributed by atoms with van der Waals surface area (Å²) in [5, 5.41) is 21.3. The van der Waals surface area contributed by atoms with E-state index >= 15 is 0 Å². The molecule has 0 aliphatic carbocycles. The first-order chi connectivity index (χ1) is 12.1. The molecule has 1 unspecified atom stereocenters. The first-order valence-electron chi connectivity index (χ1n) is 7.86. The summed E-state index contributed by atoms with van der Waals surface area (Å²) in [6.07, 6.45) is 2.61. The van der Waals surface area contributed by atoms with Crippen molar-refractivity contribution in [3.63, 3.8) is 0 Å². The number of rotatable bonds is 4. The van der Waals surface area contributed by atoms with Gasteiger partial charge in [0.05, 0.1) is 0 Å². The third-order valence-electron chi connectivity index (χ3n) is 4.44. The van der Waals surface area contributed by atoms with Crippen molar-refractivity contribution in [3.05, 3.63) is 52.8 Å². The van der Waals surface area contributed by atoms with Crippen LogP contribution in [-0.2, 0) is 0 Å². The van der Waals surface area contributed by atoms with Crippen molar-refractivity contribution in [1.29, 1.82) is 0 Å². The van der Waals surface area contributed by atoms with Crippen LogP contribution >= 0.6 is 11.6 Å². The van der Waals surface area contributed by atoms with Gasteiger partial charge in [-0.3, -0.25) is 5.10 Å². The predicted octanol–water partition coefficient (Wildman–Crippen LogP) is 3.41. The summed E-state index contributed by atoms with van der Waals surface area (Å²) in [4.78, 5) is 13.8. The van der Waals surface area contributed by atoms with Gasteiger partial charge in [-0.05, 0) is 36.8 Å². The zero-order valence-electron chi connectivity index (χ0n) is 13.1. The molecule has 2 aromatic heterocycles. The van der Waals surface area contributed by atoms with E-state index in [2.05, 4.69) is 15.4 Å². The Hall–Kier alpha value is -2.80. The normalized spacial score (nSPS) is 17.2. The molecule has 0 amide bonds. The number of H-pyrrole nitrogens is 1. The van der Waals surface area contributed by atoms with Crippen LogP contribution in [0.15, 0.2) is 41.1 Å². The molecule has 1 atom stereocenters. The minimum absolute atomic E-state index is 0.0765. The van der Waals surface area contributed by atoms with E-state index in [1.165, 1.54) is 0 Å². The monoisotopic (exact) mass is 358 g/mol. The first-order valence-corrected chi connectivity index (χ1v) is 8.24. The van der Waals surface area contributed by atoms with Gasteiger partial charge >= 0.3 is 5.97 Å². The third kappa shape index (κ3) is 2.87. The highest BCUT2D eigenvalue weighted by Crippen LogP contribution is 2.36. The highest BCUT2D eigenvalue weighted by Gasteiger charge is 2.32. The predicted molar refractivity (Wildman–Crippen MR) is 92.1 cm³/mol. The summed E-state index contributed by atoms with van der Waals surface area (Å²) >= 11 is 5.90. The van der Waals surface area contributed by atoms with Crippen LogP contribution in [0.1, 0.15) is 28.4 Å². The number of aromatic nitrogens is 3. The highest BCUT2D eigenvalue weighted by atomic mass is 35.5. The molecule has 0 saturated carbocycles. The zero-order chi connectivity index (χ0) is 17.4. The van der Waals surface area contributed by atoms with E-state index in [-0.39, 0.29) is 17.2 Å². The standard InChI is InChI=1S/C17H15ClN4O3/c18-12-3-1-10(2-4-12)15-14(17(23)24)16(21-25-15)22-8-6-11(9-22)13-5-7-19-20-13/h1-5,7,11H,6,8-9H2,(H,19,20)(H,23,24). The molecule has 0 bridgehead atoms. The lowest BCUT2D eigenvalue weighted by atomic mass is 10.1. The fourth-order valence-electron chi connectivity index (χ4n) is 3.19. The lowest BCUT2D eigenvalue weighted by Gasteiger charge is -2.15. The molecule has 1 aliphatic rings. The Kier molecular flexibility index (Phi) is 3.93. The maximum absolute atomic E-state index is 11.8. The number of hydrogen-bond acceptors (Lipinski definition) is 5. The lowest BCUT2D eigenvalue weighted by Crippen LogP contribution is -2.22. The summed E-state index contributed by atoms with van der Waals surface area (Å²) in [7, 11) is 0. The molecular weight excluding hydrogens is 344 g/mol. The van der Waals surface area contributed by atoms with Gasteiger partial charge in [0.1, 0.15) is 0 Å². The summed E-state index contributed by atoms with van der Waals surface area (Å²) < 4.78 is 5.39. The topological polar surface area (TPSA) is 95.2 Å². The Bertz CT molecular complexity index is 889.